The van der Waals surface area contributed by atoms with E-state index in [1.54, 1.807) is 24.8 Å². The number of nitrogens with two attached hydrogens (primary N) is 1. The first kappa shape index (κ1) is 13.7. The van der Waals surface area contributed by atoms with E-state index < -0.39 is 0 Å². The molecule has 1 aliphatic rings. The summed E-state index contributed by atoms with van der Waals surface area (Å²) in [6.45, 7) is 0.623. The summed E-state index contributed by atoms with van der Waals surface area (Å²) in [4.78, 5) is 13.3. The van der Waals surface area contributed by atoms with E-state index in [0.717, 1.165) is 35.3 Å². The van der Waals surface area contributed by atoms with Crippen molar-refractivity contribution in [2.24, 2.45) is 5.73 Å². The van der Waals surface area contributed by atoms with E-state index >= 15 is 0 Å². The lowest BCUT2D eigenvalue weighted by molar-refractivity contribution is 0.187. The Bertz CT molecular complexity index is 600. The van der Waals surface area contributed by atoms with Crippen LogP contribution < -0.4 is 10.6 Å². The summed E-state index contributed by atoms with van der Waals surface area (Å²) in [5.74, 6) is 1.01. The van der Waals surface area contributed by atoms with E-state index in [1.807, 2.05) is 0 Å². The largest absolute Gasteiger partial charge is 0.379 e. The highest BCUT2D eigenvalue weighted by Gasteiger charge is 2.27. The van der Waals surface area contributed by atoms with Gasteiger partial charge in [0.15, 0.2) is 0 Å². The lowest BCUT2D eigenvalue weighted by atomic mass is 10.2. The van der Waals surface area contributed by atoms with Crippen molar-refractivity contribution in [3.63, 3.8) is 0 Å². The molecule has 2 aromatic rings. The maximum atomic E-state index is 6.02. The fraction of sp³-hybridized carbons (Fsp3) is 0.571. The van der Waals surface area contributed by atoms with Crippen LogP contribution in [0, 0.1) is 0 Å². The van der Waals surface area contributed by atoms with Crippen LogP contribution in [0.25, 0.3) is 10.2 Å². The molecule has 5 nitrogen and oxygen atoms in total. The van der Waals surface area contributed by atoms with Crippen LogP contribution in [0.2, 0.25) is 0 Å². The molecule has 0 aliphatic heterocycles. The van der Waals surface area contributed by atoms with Gasteiger partial charge in [0.25, 0.3) is 0 Å². The van der Waals surface area contributed by atoms with E-state index in [4.69, 9.17) is 10.5 Å². The molecular formula is C14H20N4OS. The van der Waals surface area contributed by atoms with Gasteiger partial charge < -0.3 is 15.4 Å². The molecule has 6 heteroatoms. The number of methoxy groups -OCH3 is 1. The van der Waals surface area contributed by atoms with Crippen LogP contribution in [0.15, 0.2) is 12.4 Å². The van der Waals surface area contributed by atoms with Crippen LogP contribution in [0.5, 0.6) is 0 Å². The predicted molar refractivity (Wildman–Crippen MR) is 82.1 cm³/mol. The molecule has 1 aliphatic carbocycles. The zero-order chi connectivity index (χ0) is 14.1. The van der Waals surface area contributed by atoms with Crippen LogP contribution in [-0.2, 0) is 11.3 Å². The molecule has 108 valence electrons. The van der Waals surface area contributed by atoms with E-state index in [1.165, 1.54) is 4.88 Å². The molecule has 1 fully saturated rings. The summed E-state index contributed by atoms with van der Waals surface area (Å²) in [7, 11) is 3.82. The molecule has 0 bridgehead atoms. The van der Waals surface area contributed by atoms with Crippen molar-refractivity contribution in [1.82, 2.24) is 9.97 Å². The third-order valence-corrected chi connectivity index (χ3v) is 4.99. The van der Waals surface area contributed by atoms with Crippen LogP contribution >= 0.6 is 11.3 Å². The predicted octanol–water partition coefficient (Wildman–Crippen LogP) is 2.15. The first-order valence-electron chi connectivity index (χ1n) is 6.90. The van der Waals surface area contributed by atoms with Crippen LogP contribution in [0.4, 0.5) is 5.82 Å². The third-order valence-electron chi connectivity index (χ3n) is 3.97. The molecule has 1 saturated carbocycles. The quantitative estimate of drug-likeness (QED) is 0.935. The van der Waals surface area contributed by atoms with E-state index in [2.05, 4.69) is 28.0 Å². The van der Waals surface area contributed by atoms with Gasteiger partial charge in [0, 0.05) is 31.1 Å². The summed E-state index contributed by atoms with van der Waals surface area (Å²) in [5.41, 5.74) is 6.02. The standard InChI is InChI=1S/C14H20N4OS/c1-18(10-4-3-9(15)5-10)13-12-6-11(7-19-2)20-14(12)17-8-16-13/h6,8-10H,3-5,7,15H2,1-2H3/t9-,10+/m0/s1. The number of hydrogen-bond acceptors (Lipinski definition) is 6. The van der Waals surface area contributed by atoms with Gasteiger partial charge in [-0.2, -0.15) is 0 Å². The monoisotopic (exact) mass is 292 g/mol. The van der Waals surface area contributed by atoms with Crippen LogP contribution in [0.1, 0.15) is 24.1 Å². The molecule has 2 atom stereocenters. The Morgan fingerprint density at radius 2 is 2.30 bits per heavy atom. The SMILES string of the molecule is COCc1cc2c(N(C)[C@@H]3CC[C@H](N)C3)ncnc2s1. The smallest absolute Gasteiger partial charge is 0.140 e. The van der Waals surface area contributed by atoms with Gasteiger partial charge in [0.2, 0.25) is 0 Å². The summed E-state index contributed by atoms with van der Waals surface area (Å²) >= 11 is 1.67. The molecule has 0 radical (unpaired) electrons. The number of thiophene rings is 1. The van der Waals surface area contributed by atoms with Gasteiger partial charge in [0.1, 0.15) is 17.0 Å². The van der Waals surface area contributed by atoms with E-state index in [-0.39, 0.29) is 0 Å². The summed E-state index contributed by atoms with van der Waals surface area (Å²) in [6.07, 6.45) is 4.92. The number of rotatable bonds is 4. The zero-order valence-electron chi connectivity index (χ0n) is 11.9. The average Bonchev–Trinajstić information content (AvgIpc) is 3.03. The fourth-order valence-corrected chi connectivity index (χ4v) is 3.87. The molecule has 2 aromatic heterocycles. The molecule has 0 saturated heterocycles. The minimum absolute atomic E-state index is 0.325. The molecule has 0 aromatic carbocycles. The molecule has 2 N–H and O–H groups in total. The lowest BCUT2D eigenvalue weighted by Gasteiger charge is -2.25. The summed E-state index contributed by atoms with van der Waals surface area (Å²) in [6, 6.07) is 2.95. The molecule has 2 heterocycles. The number of aromatic nitrogens is 2. The van der Waals surface area contributed by atoms with Gasteiger partial charge in [-0.3, -0.25) is 0 Å². The van der Waals surface area contributed by atoms with Crippen LogP contribution in [-0.4, -0.2) is 36.2 Å². The van der Waals surface area contributed by atoms with E-state index in [0.29, 0.717) is 18.7 Å². The van der Waals surface area contributed by atoms with Crippen molar-refractivity contribution in [3.05, 3.63) is 17.3 Å². The van der Waals surface area contributed by atoms with Crippen molar-refractivity contribution < 1.29 is 4.74 Å². The second-order valence-corrected chi connectivity index (χ2v) is 6.51. The van der Waals surface area contributed by atoms with Gasteiger partial charge in [-0.15, -0.1) is 11.3 Å². The first-order valence-corrected chi connectivity index (χ1v) is 7.71. The van der Waals surface area contributed by atoms with Gasteiger partial charge in [-0.05, 0) is 25.3 Å². The third kappa shape index (κ3) is 2.51. The van der Waals surface area contributed by atoms with Crippen molar-refractivity contribution in [1.29, 1.82) is 0 Å². The topological polar surface area (TPSA) is 64.3 Å². The van der Waals surface area contributed by atoms with Crippen molar-refractivity contribution in [2.75, 3.05) is 19.1 Å². The second-order valence-electron chi connectivity index (χ2n) is 5.40. The molecule has 3 rings (SSSR count). The van der Waals surface area contributed by atoms with Gasteiger partial charge in [-0.25, -0.2) is 9.97 Å². The molecule has 20 heavy (non-hydrogen) atoms. The highest BCUT2D eigenvalue weighted by molar-refractivity contribution is 7.18. The van der Waals surface area contributed by atoms with Gasteiger partial charge in [-0.1, -0.05) is 0 Å². The number of hydrogen-bond donors (Lipinski definition) is 1. The Kier molecular flexibility index (Phi) is 3.87. The maximum Gasteiger partial charge on any atom is 0.140 e. The second kappa shape index (κ2) is 5.63. The summed E-state index contributed by atoms with van der Waals surface area (Å²) < 4.78 is 5.20. The van der Waals surface area contributed by atoms with Crippen LogP contribution in [0.3, 0.4) is 0 Å². The Morgan fingerprint density at radius 1 is 1.45 bits per heavy atom. The van der Waals surface area contributed by atoms with E-state index in [9.17, 15) is 0 Å². The minimum atomic E-state index is 0.325. The molecule has 0 amide bonds. The Balaban J connectivity index is 1.93. The average molecular weight is 292 g/mol. The first-order chi connectivity index (χ1) is 9.69. The number of anilines is 1. The van der Waals surface area contributed by atoms with Gasteiger partial charge in [0.05, 0.1) is 12.0 Å². The Labute approximate surface area is 122 Å². The van der Waals surface area contributed by atoms with Crippen molar-refractivity contribution in [3.8, 4) is 0 Å². The number of fused-ring (bicyclic) bond motifs is 1. The maximum absolute atomic E-state index is 6.02. The zero-order valence-corrected chi connectivity index (χ0v) is 12.7. The minimum Gasteiger partial charge on any atom is -0.379 e. The van der Waals surface area contributed by atoms with Crippen molar-refractivity contribution >= 4 is 27.4 Å². The number of ether oxygens (including phenoxy) is 1. The molecule has 0 spiro atoms. The fourth-order valence-electron chi connectivity index (χ4n) is 2.90. The molecular weight excluding hydrogens is 272 g/mol. The number of nitrogens with zero attached hydrogens (tertiary/aromatic N) is 3. The van der Waals surface area contributed by atoms with Crippen molar-refractivity contribution in [2.45, 2.75) is 38.0 Å². The van der Waals surface area contributed by atoms with Gasteiger partial charge >= 0.3 is 0 Å². The highest BCUT2D eigenvalue weighted by atomic mass is 32.1. The molecule has 0 unspecified atom stereocenters. The Hall–Kier alpha value is -1.24. The Morgan fingerprint density at radius 3 is 3.00 bits per heavy atom. The summed E-state index contributed by atoms with van der Waals surface area (Å²) in [5, 5.41) is 1.12. The normalized spacial score (nSPS) is 22.6. The lowest BCUT2D eigenvalue weighted by Crippen LogP contribution is -2.31. The highest BCUT2D eigenvalue weighted by Crippen LogP contribution is 2.33.